The number of phenolic OH excluding ortho intramolecular Hbond substituents is 1. The summed E-state index contributed by atoms with van der Waals surface area (Å²) in [6.45, 7) is 5.17. The van der Waals surface area contributed by atoms with Crippen molar-refractivity contribution in [1.29, 1.82) is 0 Å². The van der Waals surface area contributed by atoms with Crippen LogP contribution in [0.15, 0.2) is 48.6 Å². The molecule has 0 aromatic heterocycles. The number of aromatic hydroxyl groups is 1. The highest BCUT2D eigenvalue weighted by Crippen LogP contribution is 2.32. The molecule has 0 saturated heterocycles. The molecule has 0 spiro atoms. The van der Waals surface area contributed by atoms with Crippen molar-refractivity contribution in [3.63, 3.8) is 0 Å². The van der Waals surface area contributed by atoms with Crippen molar-refractivity contribution < 1.29 is 9.90 Å². The maximum atomic E-state index is 11.5. The van der Waals surface area contributed by atoms with Gasteiger partial charge in [-0.05, 0) is 18.4 Å². The smallest absolute Gasteiger partial charge is 0.250 e. The van der Waals surface area contributed by atoms with Gasteiger partial charge in [-0.15, -0.1) is 0 Å². The summed E-state index contributed by atoms with van der Waals surface area (Å²) >= 11 is 0. The first-order chi connectivity index (χ1) is 8.09. The molecule has 2 aromatic rings. The van der Waals surface area contributed by atoms with Crippen LogP contribution in [0.1, 0.15) is 6.92 Å². The minimum atomic E-state index is -0.296. The first kappa shape index (κ1) is 11.2. The van der Waals surface area contributed by atoms with Crippen LogP contribution in [0, 0.1) is 0 Å². The highest BCUT2D eigenvalue weighted by Gasteiger charge is 2.09. The summed E-state index contributed by atoms with van der Waals surface area (Å²) in [5.41, 5.74) is 0.800. The zero-order valence-corrected chi connectivity index (χ0v) is 9.53. The molecule has 3 heteroatoms. The van der Waals surface area contributed by atoms with Crippen LogP contribution in [-0.4, -0.2) is 11.0 Å². The van der Waals surface area contributed by atoms with E-state index in [-0.39, 0.29) is 11.7 Å². The largest absolute Gasteiger partial charge is 0.505 e. The molecule has 2 rings (SSSR count). The lowest BCUT2D eigenvalue weighted by Gasteiger charge is -2.09. The fourth-order valence-electron chi connectivity index (χ4n) is 1.59. The number of anilines is 1. The molecule has 0 saturated carbocycles. The minimum Gasteiger partial charge on any atom is -0.505 e. The van der Waals surface area contributed by atoms with Crippen LogP contribution < -0.4 is 5.32 Å². The predicted octanol–water partition coefficient (Wildman–Crippen LogP) is 3.06. The summed E-state index contributed by atoms with van der Waals surface area (Å²) in [7, 11) is 0. The Kier molecular flexibility index (Phi) is 2.83. The van der Waals surface area contributed by atoms with Crippen molar-refractivity contribution >= 4 is 22.4 Å². The average Bonchev–Trinajstić information content (AvgIpc) is 2.33. The molecular weight excluding hydrogens is 214 g/mol. The lowest BCUT2D eigenvalue weighted by Crippen LogP contribution is -2.11. The second kappa shape index (κ2) is 4.29. The molecule has 0 aliphatic heterocycles. The van der Waals surface area contributed by atoms with E-state index in [0.717, 1.165) is 5.39 Å². The first-order valence-electron chi connectivity index (χ1n) is 5.27. The summed E-state index contributed by atoms with van der Waals surface area (Å²) in [5.74, 6) is -0.215. The molecule has 2 N–H and O–H groups in total. The number of carbonyl (C=O) groups excluding carboxylic acids is 1. The third kappa shape index (κ3) is 2.13. The van der Waals surface area contributed by atoms with E-state index >= 15 is 0 Å². The molecule has 0 fully saturated rings. The van der Waals surface area contributed by atoms with Gasteiger partial charge in [0.05, 0.1) is 5.69 Å². The van der Waals surface area contributed by atoms with Gasteiger partial charge in [0, 0.05) is 11.0 Å². The van der Waals surface area contributed by atoms with Crippen molar-refractivity contribution in [3.8, 4) is 5.75 Å². The normalized spacial score (nSPS) is 10.2. The van der Waals surface area contributed by atoms with Crippen LogP contribution in [0.5, 0.6) is 5.75 Å². The Morgan fingerprint density at radius 2 is 1.94 bits per heavy atom. The Morgan fingerprint density at radius 3 is 2.65 bits per heavy atom. The lowest BCUT2D eigenvalue weighted by molar-refractivity contribution is -0.112. The number of rotatable bonds is 2. The zero-order chi connectivity index (χ0) is 12.4. The SMILES string of the molecule is C=C(C)C(=O)Nc1ccc2ccccc2c1O. The van der Waals surface area contributed by atoms with Gasteiger partial charge in [-0.25, -0.2) is 0 Å². The number of amides is 1. The van der Waals surface area contributed by atoms with Crippen molar-refractivity contribution in [2.24, 2.45) is 0 Å². The van der Waals surface area contributed by atoms with Gasteiger partial charge in [0.15, 0.2) is 0 Å². The van der Waals surface area contributed by atoms with E-state index in [2.05, 4.69) is 11.9 Å². The zero-order valence-electron chi connectivity index (χ0n) is 9.53. The molecule has 0 unspecified atom stereocenters. The van der Waals surface area contributed by atoms with Gasteiger partial charge in [-0.1, -0.05) is 36.9 Å². The Hall–Kier alpha value is -2.29. The van der Waals surface area contributed by atoms with E-state index < -0.39 is 0 Å². The van der Waals surface area contributed by atoms with Crippen molar-refractivity contribution in [1.82, 2.24) is 0 Å². The summed E-state index contributed by atoms with van der Waals surface area (Å²) in [6, 6.07) is 11.0. The fraction of sp³-hybridized carbons (Fsp3) is 0.0714. The topological polar surface area (TPSA) is 49.3 Å². The standard InChI is InChI=1S/C14H13NO2/c1-9(2)14(17)15-12-8-7-10-5-3-4-6-11(10)13(12)16/h3-8,16H,1H2,2H3,(H,15,17). The van der Waals surface area contributed by atoms with Gasteiger partial charge in [0.2, 0.25) is 0 Å². The van der Waals surface area contributed by atoms with E-state index in [1.54, 1.807) is 19.1 Å². The Labute approximate surface area is 99.4 Å². The van der Waals surface area contributed by atoms with Crippen molar-refractivity contribution in [2.75, 3.05) is 5.32 Å². The van der Waals surface area contributed by atoms with Crippen LogP contribution in [0.2, 0.25) is 0 Å². The summed E-state index contributed by atoms with van der Waals surface area (Å²) in [5, 5.41) is 14.3. The van der Waals surface area contributed by atoms with E-state index in [9.17, 15) is 9.90 Å². The maximum Gasteiger partial charge on any atom is 0.250 e. The molecule has 0 bridgehead atoms. The van der Waals surface area contributed by atoms with Crippen molar-refractivity contribution in [2.45, 2.75) is 6.92 Å². The summed E-state index contributed by atoms with van der Waals surface area (Å²) < 4.78 is 0. The van der Waals surface area contributed by atoms with Crippen LogP contribution in [0.4, 0.5) is 5.69 Å². The number of hydrogen-bond donors (Lipinski definition) is 2. The van der Waals surface area contributed by atoms with Crippen molar-refractivity contribution in [3.05, 3.63) is 48.6 Å². The quantitative estimate of drug-likeness (QED) is 0.612. The number of phenols is 1. The number of fused-ring (bicyclic) bond motifs is 1. The van der Waals surface area contributed by atoms with Gasteiger partial charge < -0.3 is 10.4 Å². The molecule has 0 heterocycles. The highest BCUT2D eigenvalue weighted by molar-refractivity contribution is 6.06. The Bertz CT molecular complexity index is 602. The number of benzene rings is 2. The summed E-state index contributed by atoms with van der Waals surface area (Å²) in [6.07, 6.45) is 0. The number of hydrogen-bond acceptors (Lipinski definition) is 2. The highest BCUT2D eigenvalue weighted by atomic mass is 16.3. The van der Waals surface area contributed by atoms with Gasteiger partial charge in [0.25, 0.3) is 5.91 Å². The molecule has 1 amide bonds. The minimum absolute atomic E-state index is 0.0812. The number of nitrogens with one attached hydrogen (secondary N) is 1. The molecule has 0 aliphatic rings. The van der Waals surface area contributed by atoms with Gasteiger partial charge in [-0.2, -0.15) is 0 Å². The first-order valence-corrected chi connectivity index (χ1v) is 5.27. The van der Waals surface area contributed by atoms with Crippen LogP contribution in [-0.2, 0) is 4.79 Å². The average molecular weight is 227 g/mol. The van der Waals surface area contributed by atoms with E-state index in [0.29, 0.717) is 16.6 Å². The fourth-order valence-corrected chi connectivity index (χ4v) is 1.59. The Balaban J connectivity index is 2.46. The van der Waals surface area contributed by atoms with E-state index in [1.165, 1.54) is 0 Å². The second-order valence-corrected chi connectivity index (χ2v) is 3.92. The van der Waals surface area contributed by atoms with Gasteiger partial charge in [-0.3, -0.25) is 4.79 Å². The molecule has 17 heavy (non-hydrogen) atoms. The van der Waals surface area contributed by atoms with E-state index in [1.807, 2.05) is 24.3 Å². The molecule has 2 aromatic carbocycles. The van der Waals surface area contributed by atoms with Crippen LogP contribution >= 0.6 is 0 Å². The molecule has 3 nitrogen and oxygen atoms in total. The maximum absolute atomic E-state index is 11.5. The molecular formula is C14H13NO2. The number of carbonyl (C=O) groups is 1. The van der Waals surface area contributed by atoms with Gasteiger partial charge >= 0.3 is 0 Å². The third-order valence-corrected chi connectivity index (χ3v) is 2.54. The van der Waals surface area contributed by atoms with Gasteiger partial charge in [0.1, 0.15) is 5.75 Å². The Morgan fingerprint density at radius 1 is 1.24 bits per heavy atom. The van der Waals surface area contributed by atoms with Crippen LogP contribution in [0.25, 0.3) is 10.8 Å². The predicted molar refractivity (Wildman–Crippen MR) is 69.1 cm³/mol. The summed E-state index contributed by atoms with van der Waals surface area (Å²) in [4.78, 5) is 11.5. The monoisotopic (exact) mass is 227 g/mol. The molecule has 0 radical (unpaired) electrons. The van der Waals surface area contributed by atoms with E-state index in [4.69, 9.17) is 0 Å². The molecule has 0 aliphatic carbocycles. The van der Waals surface area contributed by atoms with Crippen LogP contribution in [0.3, 0.4) is 0 Å². The second-order valence-electron chi connectivity index (χ2n) is 3.92. The molecule has 86 valence electrons. The molecule has 0 atom stereocenters. The third-order valence-electron chi connectivity index (χ3n) is 2.54. The lowest BCUT2D eigenvalue weighted by atomic mass is 10.1.